The Morgan fingerprint density at radius 3 is 2.64 bits per heavy atom. The van der Waals surface area contributed by atoms with Crippen LogP contribution in [0.15, 0.2) is 63.8 Å². The Morgan fingerprint density at radius 1 is 1.09 bits per heavy atom. The molecule has 1 aromatic heterocycles. The SMILES string of the molecule is COc1ccccc1NC(=O)c1cc2ccccc2c(=O)o1. The average molecular weight is 295 g/mol. The van der Waals surface area contributed by atoms with E-state index >= 15 is 0 Å². The van der Waals surface area contributed by atoms with Crippen LogP contribution in [0.1, 0.15) is 10.6 Å². The predicted molar refractivity (Wildman–Crippen MR) is 83.4 cm³/mol. The molecule has 5 heteroatoms. The second kappa shape index (κ2) is 5.73. The lowest BCUT2D eigenvalue weighted by Gasteiger charge is -2.09. The molecule has 5 nitrogen and oxygen atoms in total. The number of hydrogen-bond acceptors (Lipinski definition) is 4. The van der Waals surface area contributed by atoms with Crippen molar-refractivity contribution in [2.75, 3.05) is 12.4 Å². The van der Waals surface area contributed by atoms with Gasteiger partial charge in [0.05, 0.1) is 18.2 Å². The van der Waals surface area contributed by atoms with Crippen LogP contribution in [0.5, 0.6) is 5.75 Å². The Balaban J connectivity index is 1.97. The summed E-state index contributed by atoms with van der Waals surface area (Å²) < 4.78 is 10.3. The highest BCUT2D eigenvalue weighted by Gasteiger charge is 2.14. The molecule has 0 atom stereocenters. The Bertz CT molecular complexity index is 898. The Hall–Kier alpha value is -3.08. The number of carbonyl (C=O) groups excluding carboxylic acids is 1. The zero-order chi connectivity index (χ0) is 15.5. The van der Waals surface area contributed by atoms with Gasteiger partial charge in [0.1, 0.15) is 5.75 Å². The molecule has 0 unspecified atom stereocenters. The number of ether oxygens (including phenoxy) is 1. The van der Waals surface area contributed by atoms with Gasteiger partial charge in [0.2, 0.25) is 0 Å². The summed E-state index contributed by atoms with van der Waals surface area (Å²) in [6.07, 6.45) is 0. The van der Waals surface area contributed by atoms with Crippen molar-refractivity contribution in [2.45, 2.75) is 0 Å². The minimum Gasteiger partial charge on any atom is -0.495 e. The first-order chi connectivity index (χ1) is 10.7. The third-order valence-electron chi connectivity index (χ3n) is 3.25. The van der Waals surface area contributed by atoms with E-state index in [0.717, 1.165) is 0 Å². The predicted octanol–water partition coefficient (Wildman–Crippen LogP) is 3.05. The normalized spacial score (nSPS) is 10.4. The van der Waals surface area contributed by atoms with Crippen LogP contribution in [-0.2, 0) is 0 Å². The quantitative estimate of drug-likeness (QED) is 0.806. The zero-order valence-electron chi connectivity index (χ0n) is 11.8. The molecule has 0 radical (unpaired) electrons. The topological polar surface area (TPSA) is 68.5 Å². The summed E-state index contributed by atoms with van der Waals surface area (Å²) in [6.45, 7) is 0. The van der Waals surface area contributed by atoms with E-state index in [9.17, 15) is 9.59 Å². The molecule has 22 heavy (non-hydrogen) atoms. The van der Waals surface area contributed by atoms with E-state index in [1.54, 1.807) is 54.6 Å². The minimum absolute atomic E-state index is 0.0467. The van der Waals surface area contributed by atoms with Gasteiger partial charge in [0.15, 0.2) is 5.76 Å². The van der Waals surface area contributed by atoms with Gasteiger partial charge in [-0.3, -0.25) is 4.79 Å². The van der Waals surface area contributed by atoms with Gasteiger partial charge in [0.25, 0.3) is 5.91 Å². The first-order valence-electron chi connectivity index (χ1n) is 6.66. The van der Waals surface area contributed by atoms with E-state index in [-0.39, 0.29) is 5.76 Å². The molecule has 3 rings (SSSR count). The molecule has 0 aliphatic carbocycles. The van der Waals surface area contributed by atoms with E-state index < -0.39 is 11.5 Å². The van der Waals surface area contributed by atoms with Crippen molar-refractivity contribution in [1.29, 1.82) is 0 Å². The van der Waals surface area contributed by atoms with Gasteiger partial charge in [0, 0.05) is 0 Å². The van der Waals surface area contributed by atoms with E-state index in [4.69, 9.17) is 9.15 Å². The van der Waals surface area contributed by atoms with Crippen LogP contribution in [-0.4, -0.2) is 13.0 Å². The summed E-state index contributed by atoms with van der Waals surface area (Å²) in [5.41, 5.74) is -0.0333. The second-order valence-corrected chi connectivity index (χ2v) is 4.64. The molecule has 0 spiro atoms. The number of anilines is 1. The average Bonchev–Trinajstić information content (AvgIpc) is 2.55. The molecule has 1 N–H and O–H groups in total. The maximum Gasteiger partial charge on any atom is 0.344 e. The minimum atomic E-state index is -0.539. The number of fused-ring (bicyclic) bond motifs is 1. The number of methoxy groups -OCH3 is 1. The van der Waals surface area contributed by atoms with Crippen molar-refractivity contribution in [3.05, 3.63) is 70.8 Å². The van der Waals surface area contributed by atoms with Gasteiger partial charge < -0.3 is 14.5 Å². The van der Waals surface area contributed by atoms with Crippen molar-refractivity contribution < 1.29 is 13.9 Å². The lowest BCUT2D eigenvalue weighted by molar-refractivity contribution is 0.0992. The van der Waals surface area contributed by atoms with E-state index in [1.165, 1.54) is 7.11 Å². The monoisotopic (exact) mass is 295 g/mol. The van der Waals surface area contributed by atoms with Crippen molar-refractivity contribution in [3.63, 3.8) is 0 Å². The van der Waals surface area contributed by atoms with E-state index in [0.29, 0.717) is 22.2 Å². The molecule has 0 aliphatic rings. The molecule has 0 aliphatic heterocycles. The molecule has 2 aromatic carbocycles. The van der Waals surface area contributed by atoms with Crippen molar-refractivity contribution in [3.8, 4) is 5.75 Å². The Morgan fingerprint density at radius 2 is 1.82 bits per heavy atom. The molecular formula is C17H13NO4. The molecular weight excluding hydrogens is 282 g/mol. The number of carbonyl (C=O) groups is 1. The highest BCUT2D eigenvalue weighted by Crippen LogP contribution is 2.23. The van der Waals surface area contributed by atoms with Gasteiger partial charge in [-0.25, -0.2) is 4.79 Å². The van der Waals surface area contributed by atoms with Gasteiger partial charge in [-0.15, -0.1) is 0 Å². The number of para-hydroxylation sites is 2. The lowest BCUT2D eigenvalue weighted by atomic mass is 10.1. The van der Waals surface area contributed by atoms with Crippen molar-refractivity contribution >= 4 is 22.4 Å². The van der Waals surface area contributed by atoms with Gasteiger partial charge in [-0.1, -0.05) is 30.3 Å². The van der Waals surface area contributed by atoms with Crippen LogP contribution in [0.4, 0.5) is 5.69 Å². The molecule has 1 heterocycles. The first-order valence-corrected chi connectivity index (χ1v) is 6.66. The number of nitrogens with one attached hydrogen (secondary N) is 1. The third kappa shape index (κ3) is 2.56. The van der Waals surface area contributed by atoms with E-state index in [2.05, 4.69) is 5.32 Å². The highest BCUT2D eigenvalue weighted by molar-refractivity contribution is 6.04. The summed E-state index contributed by atoms with van der Waals surface area (Å²) in [7, 11) is 1.52. The molecule has 1 amide bonds. The number of benzene rings is 2. The van der Waals surface area contributed by atoms with Crippen LogP contribution in [0, 0.1) is 0 Å². The molecule has 110 valence electrons. The van der Waals surface area contributed by atoms with Gasteiger partial charge in [-0.05, 0) is 29.7 Å². The van der Waals surface area contributed by atoms with Crippen LogP contribution >= 0.6 is 0 Å². The third-order valence-corrected chi connectivity index (χ3v) is 3.25. The lowest BCUT2D eigenvalue weighted by Crippen LogP contribution is -2.15. The van der Waals surface area contributed by atoms with Gasteiger partial charge in [-0.2, -0.15) is 0 Å². The van der Waals surface area contributed by atoms with Crippen LogP contribution in [0.25, 0.3) is 10.8 Å². The largest absolute Gasteiger partial charge is 0.495 e. The van der Waals surface area contributed by atoms with Crippen LogP contribution in [0.2, 0.25) is 0 Å². The number of hydrogen-bond donors (Lipinski definition) is 1. The summed E-state index contributed by atoms with van der Waals surface area (Å²) in [5, 5.41) is 3.77. The fraction of sp³-hybridized carbons (Fsp3) is 0.0588. The van der Waals surface area contributed by atoms with Crippen LogP contribution < -0.4 is 15.7 Å². The fourth-order valence-corrected chi connectivity index (χ4v) is 2.18. The zero-order valence-corrected chi connectivity index (χ0v) is 11.8. The Labute approximate surface area is 126 Å². The number of amides is 1. The maximum absolute atomic E-state index is 12.3. The summed E-state index contributed by atoms with van der Waals surface area (Å²) in [5.74, 6) is -0.0269. The highest BCUT2D eigenvalue weighted by atomic mass is 16.5. The summed E-state index contributed by atoms with van der Waals surface area (Å²) in [4.78, 5) is 24.2. The molecule has 3 aromatic rings. The molecule has 0 saturated carbocycles. The second-order valence-electron chi connectivity index (χ2n) is 4.64. The molecule has 0 fully saturated rings. The maximum atomic E-state index is 12.3. The standard InChI is InChI=1S/C17H13NO4/c1-21-14-9-5-4-8-13(14)18-16(19)15-10-11-6-2-3-7-12(11)17(20)22-15/h2-10H,1H3,(H,18,19). The van der Waals surface area contributed by atoms with Crippen molar-refractivity contribution in [1.82, 2.24) is 0 Å². The smallest absolute Gasteiger partial charge is 0.344 e. The summed E-state index contributed by atoms with van der Waals surface area (Å²) >= 11 is 0. The van der Waals surface area contributed by atoms with Gasteiger partial charge >= 0.3 is 5.63 Å². The Kier molecular flexibility index (Phi) is 3.62. The first kappa shape index (κ1) is 13.9. The van der Waals surface area contributed by atoms with Crippen molar-refractivity contribution in [2.24, 2.45) is 0 Å². The number of rotatable bonds is 3. The van der Waals surface area contributed by atoms with Crippen LogP contribution in [0.3, 0.4) is 0 Å². The summed E-state index contributed by atoms with van der Waals surface area (Å²) in [6, 6.07) is 15.5. The van der Waals surface area contributed by atoms with E-state index in [1.807, 2.05) is 0 Å². The molecule has 0 saturated heterocycles. The fourth-order valence-electron chi connectivity index (χ4n) is 2.18. The molecule has 0 bridgehead atoms.